The molecule has 2 amide bonds. The molecule has 3 rings (SSSR count). The molecular weight excluding hydrogens is 398 g/mol. The maximum atomic E-state index is 12.2. The van der Waals surface area contributed by atoms with Gasteiger partial charge >= 0.3 is 0 Å². The standard InChI is InChI=1S/C19H26ClN5O4/c1-12(26)23-6-4-14(5-7-23)24-10-13(11-24)21-17-9-16(20)15(19(27)22(2)3)8-18(17)25(28)29/h8-9,13-14,21H,4-7,10-11H2,1-3H3. The third-order valence-electron chi connectivity index (χ3n) is 5.61. The molecule has 2 saturated heterocycles. The van der Waals surface area contributed by atoms with Gasteiger partial charge in [-0.1, -0.05) is 11.6 Å². The van der Waals surface area contributed by atoms with E-state index in [1.807, 2.05) is 4.90 Å². The minimum atomic E-state index is -0.501. The highest BCUT2D eigenvalue weighted by atomic mass is 35.5. The summed E-state index contributed by atoms with van der Waals surface area (Å²) < 4.78 is 0. The van der Waals surface area contributed by atoms with Gasteiger partial charge in [-0.3, -0.25) is 24.6 Å². The summed E-state index contributed by atoms with van der Waals surface area (Å²) >= 11 is 6.23. The first-order valence-corrected chi connectivity index (χ1v) is 10.0. The number of anilines is 1. The van der Waals surface area contributed by atoms with Crippen molar-refractivity contribution in [3.8, 4) is 0 Å². The van der Waals surface area contributed by atoms with E-state index in [9.17, 15) is 19.7 Å². The van der Waals surface area contributed by atoms with Crippen molar-refractivity contribution >= 4 is 34.8 Å². The average Bonchev–Trinajstić information content (AvgIpc) is 2.63. The van der Waals surface area contributed by atoms with Crippen molar-refractivity contribution in [3.05, 3.63) is 32.8 Å². The van der Waals surface area contributed by atoms with Crippen LogP contribution in [0.15, 0.2) is 12.1 Å². The minimum Gasteiger partial charge on any atom is -0.374 e. The summed E-state index contributed by atoms with van der Waals surface area (Å²) in [6.45, 7) is 4.70. The number of nitrogens with one attached hydrogen (secondary N) is 1. The smallest absolute Gasteiger partial charge is 0.293 e. The number of amides is 2. The molecule has 0 radical (unpaired) electrons. The van der Waals surface area contributed by atoms with Crippen molar-refractivity contribution in [2.75, 3.05) is 45.6 Å². The topological polar surface area (TPSA) is 99.0 Å². The van der Waals surface area contributed by atoms with Crippen molar-refractivity contribution in [1.82, 2.24) is 14.7 Å². The van der Waals surface area contributed by atoms with Crippen LogP contribution >= 0.6 is 11.6 Å². The van der Waals surface area contributed by atoms with Crippen LogP contribution < -0.4 is 5.32 Å². The molecule has 2 heterocycles. The third kappa shape index (κ3) is 4.62. The van der Waals surface area contributed by atoms with Crippen LogP contribution in [0.5, 0.6) is 0 Å². The van der Waals surface area contributed by atoms with Crippen LogP contribution in [-0.2, 0) is 4.79 Å². The summed E-state index contributed by atoms with van der Waals surface area (Å²) in [5.74, 6) is -0.261. The summed E-state index contributed by atoms with van der Waals surface area (Å²) in [5.41, 5.74) is 0.278. The molecule has 9 nitrogen and oxygen atoms in total. The highest BCUT2D eigenvalue weighted by Crippen LogP contribution is 2.33. The first-order chi connectivity index (χ1) is 13.7. The van der Waals surface area contributed by atoms with E-state index in [4.69, 9.17) is 11.6 Å². The second-order valence-electron chi connectivity index (χ2n) is 7.84. The van der Waals surface area contributed by atoms with Gasteiger partial charge in [0.1, 0.15) is 5.69 Å². The van der Waals surface area contributed by atoms with E-state index in [2.05, 4.69) is 10.2 Å². The Labute approximate surface area is 174 Å². The Balaban J connectivity index is 1.63. The van der Waals surface area contributed by atoms with E-state index in [0.29, 0.717) is 11.7 Å². The Kier molecular flexibility index (Phi) is 6.28. The Morgan fingerprint density at radius 3 is 2.38 bits per heavy atom. The Morgan fingerprint density at radius 1 is 1.24 bits per heavy atom. The summed E-state index contributed by atoms with van der Waals surface area (Å²) in [5, 5.41) is 14.9. The molecule has 1 aromatic rings. The largest absolute Gasteiger partial charge is 0.374 e. The lowest BCUT2D eigenvalue weighted by Crippen LogP contribution is -2.60. The van der Waals surface area contributed by atoms with Gasteiger partial charge < -0.3 is 15.1 Å². The van der Waals surface area contributed by atoms with Crippen molar-refractivity contribution in [1.29, 1.82) is 0 Å². The zero-order valence-corrected chi connectivity index (χ0v) is 17.6. The number of nitro groups is 1. The number of halogens is 1. The second-order valence-corrected chi connectivity index (χ2v) is 8.25. The van der Waals surface area contributed by atoms with Gasteiger partial charge in [-0.15, -0.1) is 0 Å². The number of rotatable bonds is 5. The number of carbonyl (C=O) groups excluding carboxylic acids is 2. The molecule has 2 aliphatic rings. The zero-order chi connectivity index (χ0) is 21.3. The molecule has 0 spiro atoms. The van der Waals surface area contributed by atoms with Gasteiger partial charge in [-0.2, -0.15) is 0 Å². The van der Waals surface area contributed by atoms with E-state index in [1.54, 1.807) is 21.0 Å². The summed E-state index contributed by atoms with van der Waals surface area (Å²) in [4.78, 5) is 40.2. The van der Waals surface area contributed by atoms with Gasteiger partial charge in [0, 0.05) is 59.3 Å². The number of carbonyl (C=O) groups is 2. The lowest BCUT2D eigenvalue weighted by molar-refractivity contribution is -0.384. The maximum absolute atomic E-state index is 12.2. The minimum absolute atomic E-state index is 0.0750. The fraction of sp³-hybridized carbons (Fsp3) is 0.579. The number of hydrogen-bond acceptors (Lipinski definition) is 6. The molecule has 158 valence electrons. The molecule has 0 saturated carbocycles. The van der Waals surface area contributed by atoms with Gasteiger partial charge in [0.05, 0.1) is 21.6 Å². The summed E-state index contributed by atoms with van der Waals surface area (Å²) in [6, 6.07) is 3.21. The third-order valence-corrected chi connectivity index (χ3v) is 5.93. The van der Waals surface area contributed by atoms with Gasteiger partial charge in [0.15, 0.2) is 0 Å². The molecule has 1 aromatic carbocycles. The van der Waals surface area contributed by atoms with Crippen molar-refractivity contribution in [2.24, 2.45) is 0 Å². The average molecular weight is 424 g/mol. The van der Waals surface area contributed by atoms with Gasteiger partial charge in [-0.05, 0) is 18.9 Å². The fourth-order valence-electron chi connectivity index (χ4n) is 3.90. The van der Waals surface area contributed by atoms with Gasteiger partial charge in [0.2, 0.25) is 5.91 Å². The van der Waals surface area contributed by atoms with Crippen LogP contribution in [0.25, 0.3) is 0 Å². The number of nitrogens with zero attached hydrogens (tertiary/aromatic N) is 4. The molecule has 0 aliphatic carbocycles. The number of piperidine rings is 1. The predicted molar refractivity (Wildman–Crippen MR) is 110 cm³/mol. The summed E-state index contributed by atoms with van der Waals surface area (Å²) in [7, 11) is 3.14. The normalized spacial score (nSPS) is 18.3. The van der Waals surface area contributed by atoms with Gasteiger partial charge in [0.25, 0.3) is 11.6 Å². The number of benzene rings is 1. The molecule has 0 bridgehead atoms. The van der Waals surface area contributed by atoms with E-state index in [-0.39, 0.29) is 34.1 Å². The van der Waals surface area contributed by atoms with E-state index in [0.717, 1.165) is 39.0 Å². The molecule has 2 aliphatic heterocycles. The molecule has 2 fully saturated rings. The first-order valence-electron chi connectivity index (χ1n) is 9.63. The van der Waals surface area contributed by atoms with E-state index >= 15 is 0 Å². The SMILES string of the molecule is CC(=O)N1CCC(N2CC(Nc3cc(Cl)c(C(=O)N(C)C)cc3[N+](=O)[O-])C2)CC1. The fourth-order valence-corrected chi connectivity index (χ4v) is 4.15. The Hall–Kier alpha value is -2.39. The van der Waals surface area contributed by atoms with Crippen LogP contribution in [0.1, 0.15) is 30.1 Å². The number of nitro benzene ring substituents is 1. The van der Waals surface area contributed by atoms with Crippen molar-refractivity contribution < 1.29 is 14.5 Å². The molecule has 0 unspecified atom stereocenters. The van der Waals surface area contributed by atoms with E-state index < -0.39 is 4.92 Å². The zero-order valence-electron chi connectivity index (χ0n) is 16.9. The van der Waals surface area contributed by atoms with Crippen molar-refractivity contribution in [2.45, 2.75) is 31.8 Å². The Morgan fingerprint density at radius 2 is 1.86 bits per heavy atom. The first kappa shape index (κ1) is 21.3. The highest BCUT2D eigenvalue weighted by molar-refractivity contribution is 6.34. The Bertz CT molecular complexity index is 817. The van der Waals surface area contributed by atoms with Crippen LogP contribution in [0.4, 0.5) is 11.4 Å². The number of hydrogen-bond donors (Lipinski definition) is 1. The predicted octanol–water partition coefficient (Wildman–Crippen LogP) is 2.06. The molecular formula is C19H26ClN5O4. The molecule has 29 heavy (non-hydrogen) atoms. The molecule has 1 N–H and O–H groups in total. The molecule has 0 atom stereocenters. The van der Waals surface area contributed by atoms with Crippen LogP contribution in [-0.4, -0.2) is 83.8 Å². The van der Waals surface area contributed by atoms with Crippen LogP contribution in [0, 0.1) is 10.1 Å². The van der Waals surface area contributed by atoms with Crippen LogP contribution in [0.2, 0.25) is 5.02 Å². The summed E-state index contributed by atoms with van der Waals surface area (Å²) in [6.07, 6.45) is 1.89. The molecule has 0 aromatic heterocycles. The molecule has 10 heteroatoms. The second kappa shape index (κ2) is 8.54. The lowest BCUT2D eigenvalue weighted by Gasteiger charge is -2.47. The highest BCUT2D eigenvalue weighted by Gasteiger charge is 2.35. The monoisotopic (exact) mass is 423 g/mol. The van der Waals surface area contributed by atoms with Gasteiger partial charge in [-0.25, -0.2) is 0 Å². The maximum Gasteiger partial charge on any atom is 0.293 e. The van der Waals surface area contributed by atoms with E-state index in [1.165, 1.54) is 17.0 Å². The lowest BCUT2D eigenvalue weighted by atomic mass is 9.97. The van der Waals surface area contributed by atoms with Crippen molar-refractivity contribution in [3.63, 3.8) is 0 Å². The quantitative estimate of drug-likeness (QED) is 0.574. The number of likely N-dealkylation sites (tertiary alicyclic amines) is 2. The van der Waals surface area contributed by atoms with Crippen LogP contribution in [0.3, 0.4) is 0 Å².